The number of aromatic amines is 1. The maximum atomic E-state index is 13.2. The summed E-state index contributed by atoms with van der Waals surface area (Å²) in [4.78, 5) is 12.2. The normalized spacial score (nSPS) is 20.0. The average Bonchev–Trinajstić information content (AvgIpc) is 3.53. The fourth-order valence-electron chi connectivity index (χ4n) is 5.17. The Bertz CT molecular complexity index is 1340. The molecule has 1 fully saturated rings. The first kappa shape index (κ1) is 22.5. The number of fused-ring (bicyclic) bond motifs is 1. The molecule has 2 aliphatic rings. The number of aromatic nitrogens is 3. The maximum absolute atomic E-state index is 13.2. The van der Waals surface area contributed by atoms with E-state index in [1.807, 2.05) is 29.6 Å². The van der Waals surface area contributed by atoms with Crippen molar-refractivity contribution in [1.29, 1.82) is 5.26 Å². The molecule has 1 N–H and O–H groups in total. The fraction of sp³-hybridized carbons (Fsp3) is 0.440. The highest BCUT2D eigenvalue weighted by Gasteiger charge is 2.30. The Kier molecular flexibility index (Phi) is 6.33. The lowest BCUT2D eigenvalue weighted by Crippen LogP contribution is -2.24. The summed E-state index contributed by atoms with van der Waals surface area (Å²) in [5, 5.41) is 17.0. The van der Waals surface area contributed by atoms with Crippen molar-refractivity contribution in [1.82, 2.24) is 20.0 Å². The summed E-state index contributed by atoms with van der Waals surface area (Å²) in [6.45, 7) is 0.558. The molecule has 0 radical (unpaired) electrons. The average molecular weight is 477 g/mol. The summed E-state index contributed by atoms with van der Waals surface area (Å²) in [5.74, 6) is 0.393. The standard InChI is InChI=1S/C25H28N6O2S/c26-11-9-23(31-15-20(14-30-31)24-22-10-12-27-25(22)29-17-28-24)19-7-4-8-21(13-19)34(32,33)16-18-5-2-1-3-6-18/h4,7-8,10,12-14,17-18,20,23H,1-3,5-6,9,15-16H2,(H,27,28,29). The lowest BCUT2D eigenvalue weighted by atomic mass is 9.91. The maximum Gasteiger partial charge on any atom is 0.178 e. The number of hydrogen-bond donors (Lipinski definition) is 1. The van der Waals surface area contributed by atoms with Gasteiger partial charge < -0.3 is 4.98 Å². The second-order valence-corrected chi connectivity index (χ2v) is 11.3. The predicted octanol–water partition coefficient (Wildman–Crippen LogP) is 4.35. The van der Waals surface area contributed by atoms with Crippen LogP contribution >= 0.6 is 0 Å². The summed E-state index contributed by atoms with van der Waals surface area (Å²) >= 11 is 0. The van der Waals surface area contributed by atoms with Gasteiger partial charge in [-0.2, -0.15) is 10.4 Å². The minimum Gasteiger partial charge on any atom is -0.346 e. The van der Waals surface area contributed by atoms with Crippen molar-refractivity contribution < 1.29 is 8.42 Å². The Morgan fingerprint density at radius 2 is 2.03 bits per heavy atom. The minimum atomic E-state index is -3.39. The van der Waals surface area contributed by atoms with E-state index in [-0.39, 0.29) is 30.1 Å². The van der Waals surface area contributed by atoms with Gasteiger partial charge >= 0.3 is 0 Å². The molecule has 1 aromatic carbocycles. The zero-order chi connectivity index (χ0) is 23.5. The highest BCUT2D eigenvalue weighted by Crippen LogP contribution is 2.34. The van der Waals surface area contributed by atoms with Crippen LogP contribution in [-0.4, -0.2) is 46.9 Å². The molecule has 9 heteroatoms. The number of nitrogens with one attached hydrogen (secondary N) is 1. The number of sulfone groups is 1. The van der Waals surface area contributed by atoms with Gasteiger partial charge in [-0.05, 0) is 42.5 Å². The third-order valence-electron chi connectivity index (χ3n) is 6.94. The van der Waals surface area contributed by atoms with Crippen LogP contribution in [0, 0.1) is 17.2 Å². The van der Waals surface area contributed by atoms with Crippen molar-refractivity contribution in [3.63, 3.8) is 0 Å². The second kappa shape index (κ2) is 9.55. The van der Waals surface area contributed by atoms with Gasteiger partial charge in [-0.3, -0.25) is 5.01 Å². The largest absolute Gasteiger partial charge is 0.346 e. The van der Waals surface area contributed by atoms with Crippen molar-refractivity contribution >= 4 is 27.1 Å². The Morgan fingerprint density at radius 3 is 2.85 bits per heavy atom. The highest BCUT2D eigenvalue weighted by molar-refractivity contribution is 7.91. The van der Waals surface area contributed by atoms with E-state index in [1.165, 1.54) is 12.7 Å². The van der Waals surface area contributed by atoms with E-state index in [9.17, 15) is 13.7 Å². The molecule has 0 bridgehead atoms. The molecule has 0 amide bonds. The van der Waals surface area contributed by atoms with Gasteiger partial charge in [-0.1, -0.05) is 31.4 Å². The van der Waals surface area contributed by atoms with Gasteiger partial charge in [-0.25, -0.2) is 18.4 Å². The first-order valence-electron chi connectivity index (χ1n) is 11.8. The third kappa shape index (κ3) is 4.55. The summed E-state index contributed by atoms with van der Waals surface area (Å²) in [5.41, 5.74) is 2.46. The van der Waals surface area contributed by atoms with Crippen LogP contribution < -0.4 is 0 Å². The molecule has 5 rings (SSSR count). The molecule has 0 spiro atoms. The van der Waals surface area contributed by atoms with Crippen molar-refractivity contribution in [3.8, 4) is 6.07 Å². The van der Waals surface area contributed by atoms with Crippen molar-refractivity contribution in [2.24, 2.45) is 11.0 Å². The van der Waals surface area contributed by atoms with Crippen molar-refractivity contribution in [2.75, 3.05) is 12.3 Å². The van der Waals surface area contributed by atoms with Gasteiger partial charge in [0.05, 0.1) is 47.3 Å². The van der Waals surface area contributed by atoms with Crippen LogP contribution in [0.5, 0.6) is 0 Å². The monoisotopic (exact) mass is 476 g/mol. The van der Waals surface area contributed by atoms with Gasteiger partial charge in [0, 0.05) is 17.8 Å². The van der Waals surface area contributed by atoms with E-state index in [0.717, 1.165) is 48.0 Å². The number of nitrogens with zero attached hydrogens (tertiary/aromatic N) is 5. The van der Waals surface area contributed by atoms with Crippen LogP contribution in [0.4, 0.5) is 0 Å². The number of nitriles is 1. The van der Waals surface area contributed by atoms with E-state index in [2.05, 4.69) is 26.1 Å². The topological polar surface area (TPSA) is 115 Å². The van der Waals surface area contributed by atoms with E-state index in [1.54, 1.807) is 18.2 Å². The van der Waals surface area contributed by atoms with E-state index in [0.29, 0.717) is 11.4 Å². The molecule has 3 aromatic rings. The molecule has 1 aliphatic heterocycles. The number of hydrogen-bond acceptors (Lipinski definition) is 7. The van der Waals surface area contributed by atoms with Crippen LogP contribution in [0.2, 0.25) is 0 Å². The third-order valence-corrected chi connectivity index (χ3v) is 8.82. The molecule has 8 nitrogen and oxygen atoms in total. The lowest BCUT2D eigenvalue weighted by molar-refractivity contribution is 0.225. The van der Waals surface area contributed by atoms with Crippen molar-refractivity contribution in [3.05, 3.63) is 54.1 Å². The SMILES string of the molecule is N#CCC(c1cccc(S(=O)(=O)CC2CCCCC2)c1)N1CC(c2ncnc3[nH]ccc23)C=N1. The van der Waals surface area contributed by atoms with Gasteiger partial charge in [-0.15, -0.1) is 0 Å². The molecule has 3 heterocycles. The van der Waals surface area contributed by atoms with E-state index in [4.69, 9.17) is 0 Å². The zero-order valence-corrected chi connectivity index (χ0v) is 19.8. The molecule has 0 saturated heterocycles. The number of rotatable bonds is 7. The molecule has 1 saturated carbocycles. The molecular weight excluding hydrogens is 448 g/mol. The Hall–Kier alpha value is -3.25. The molecule has 176 valence electrons. The Labute approximate surface area is 199 Å². The van der Waals surface area contributed by atoms with Crippen LogP contribution in [0.25, 0.3) is 11.0 Å². The first-order chi connectivity index (χ1) is 16.5. The van der Waals surface area contributed by atoms with Gasteiger partial charge in [0.15, 0.2) is 9.84 Å². The van der Waals surface area contributed by atoms with E-state index >= 15 is 0 Å². The highest BCUT2D eigenvalue weighted by atomic mass is 32.2. The zero-order valence-electron chi connectivity index (χ0n) is 19.0. The van der Waals surface area contributed by atoms with Crippen LogP contribution in [0.3, 0.4) is 0 Å². The molecule has 2 aromatic heterocycles. The summed E-state index contributed by atoms with van der Waals surface area (Å²) in [6.07, 6.45) is 10.8. The fourth-order valence-corrected chi connectivity index (χ4v) is 6.92. The second-order valence-electron chi connectivity index (χ2n) is 9.23. The summed E-state index contributed by atoms with van der Waals surface area (Å²) in [6, 6.07) is 10.9. The summed E-state index contributed by atoms with van der Waals surface area (Å²) < 4.78 is 26.3. The summed E-state index contributed by atoms with van der Waals surface area (Å²) in [7, 11) is -3.39. The van der Waals surface area contributed by atoms with Crippen LogP contribution in [-0.2, 0) is 9.84 Å². The van der Waals surface area contributed by atoms with Gasteiger partial charge in [0.2, 0.25) is 0 Å². The number of H-pyrrole nitrogens is 1. The Morgan fingerprint density at radius 1 is 1.18 bits per heavy atom. The van der Waals surface area contributed by atoms with Crippen LogP contribution in [0.1, 0.15) is 61.7 Å². The quantitative estimate of drug-likeness (QED) is 0.542. The van der Waals surface area contributed by atoms with Crippen molar-refractivity contribution in [2.45, 2.75) is 55.4 Å². The molecule has 34 heavy (non-hydrogen) atoms. The van der Waals surface area contributed by atoms with Gasteiger partial charge in [0.25, 0.3) is 0 Å². The predicted molar refractivity (Wildman–Crippen MR) is 130 cm³/mol. The molecule has 2 atom stereocenters. The Balaban J connectivity index is 1.37. The lowest BCUT2D eigenvalue weighted by Gasteiger charge is -2.26. The number of hydrazone groups is 1. The van der Waals surface area contributed by atoms with Crippen LogP contribution in [0.15, 0.2) is 52.9 Å². The van der Waals surface area contributed by atoms with Gasteiger partial charge in [0.1, 0.15) is 12.0 Å². The minimum absolute atomic E-state index is 0.0410. The number of benzene rings is 1. The first-order valence-corrected chi connectivity index (χ1v) is 13.5. The molecule has 2 unspecified atom stereocenters. The molecule has 1 aliphatic carbocycles. The smallest absolute Gasteiger partial charge is 0.178 e. The molecular formula is C25H28N6O2S. The van der Waals surface area contributed by atoms with E-state index < -0.39 is 9.84 Å².